The molecule has 1 unspecified atom stereocenters. The summed E-state index contributed by atoms with van der Waals surface area (Å²) in [6, 6.07) is 2.06. The maximum Gasteiger partial charge on any atom is 0.252 e. The summed E-state index contributed by atoms with van der Waals surface area (Å²) in [7, 11) is 0. The average molecular weight is 278 g/mol. The van der Waals surface area contributed by atoms with Crippen molar-refractivity contribution in [2.45, 2.75) is 46.1 Å². The number of piperidine rings is 1. The van der Waals surface area contributed by atoms with Gasteiger partial charge in [0.05, 0.1) is 0 Å². The molecule has 5 nitrogen and oxygen atoms in total. The molecule has 1 atom stereocenters. The van der Waals surface area contributed by atoms with Crippen molar-refractivity contribution in [3.8, 4) is 0 Å². The van der Waals surface area contributed by atoms with Crippen molar-refractivity contribution in [2.24, 2.45) is 5.92 Å². The van der Waals surface area contributed by atoms with Gasteiger partial charge in [0.15, 0.2) is 0 Å². The van der Waals surface area contributed by atoms with E-state index >= 15 is 0 Å². The van der Waals surface area contributed by atoms with Gasteiger partial charge in [-0.3, -0.25) is 4.79 Å². The molecule has 1 aromatic rings. The summed E-state index contributed by atoms with van der Waals surface area (Å²) in [5.41, 5.74) is -0.0630. The normalized spacial score (nSPS) is 19.6. The number of rotatable bonds is 5. The quantitative estimate of drug-likeness (QED) is 0.860. The summed E-state index contributed by atoms with van der Waals surface area (Å²) in [5.74, 6) is 2.17. The summed E-state index contributed by atoms with van der Waals surface area (Å²) in [4.78, 5) is 21.1. The lowest BCUT2D eigenvalue weighted by molar-refractivity contribution is 0.420. The minimum atomic E-state index is -0.0630. The predicted molar refractivity (Wildman–Crippen MR) is 82.3 cm³/mol. The highest BCUT2D eigenvalue weighted by Gasteiger charge is 2.23. The Morgan fingerprint density at radius 2 is 2.30 bits per heavy atom. The van der Waals surface area contributed by atoms with Gasteiger partial charge in [-0.05, 0) is 38.6 Å². The van der Waals surface area contributed by atoms with Crippen LogP contribution in [0.3, 0.4) is 0 Å². The van der Waals surface area contributed by atoms with Crippen molar-refractivity contribution in [1.29, 1.82) is 0 Å². The molecule has 0 spiro atoms. The van der Waals surface area contributed by atoms with Crippen LogP contribution in [-0.4, -0.2) is 35.6 Å². The lowest BCUT2D eigenvalue weighted by atomic mass is 10.0. The molecule has 5 heteroatoms. The first-order chi connectivity index (χ1) is 9.56. The van der Waals surface area contributed by atoms with E-state index in [2.05, 4.69) is 34.0 Å². The third-order valence-electron chi connectivity index (χ3n) is 3.70. The van der Waals surface area contributed by atoms with Crippen molar-refractivity contribution in [1.82, 2.24) is 15.3 Å². The standard InChI is InChI=1S/C15H26N4O/c1-11(2)9-16-10-13-6-4-5-7-19(13)14-8-15(20)18-12(3)17-14/h8,11,13,16H,4-7,9-10H2,1-3H3,(H,17,18,20). The fourth-order valence-electron chi connectivity index (χ4n) is 2.76. The van der Waals surface area contributed by atoms with Crippen LogP contribution in [-0.2, 0) is 0 Å². The number of nitrogens with zero attached hydrogens (tertiary/aromatic N) is 2. The first kappa shape index (κ1) is 15.0. The number of hydrogen-bond acceptors (Lipinski definition) is 4. The molecule has 2 rings (SSSR count). The number of nitrogens with one attached hydrogen (secondary N) is 2. The molecule has 0 radical (unpaired) electrons. The van der Waals surface area contributed by atoms with Crippen molar-refractivity contribution in [3.63, 3.8) is 0 Å². The van der Waals surface area contributed by atoms with Crippen LogP contribution in [0.2, 0.25) is 0 Å². The SMILES string of the molecule is Cc1nc(N2CCCCC2CNCC(C)C)cc(=O)[nH]1. The molecule has 2 heterocycles. The van der Waals surface area contributed by atoms with Crippen LogP contribution in [0.4, 0.5) is 5.82 Å². The lowest BCUT2D eigenvalue weighted by Crippen LogP contribution is -2.47. The highest BCUT2D eigenvalue weighted by Crippen LogP contribution is 2.21. The third kappa shape index (κ3) is 4.07. The molecule has 1 aliphatic heterocycles. The number of aromatic nitrogens is 2. The molecule has 1 saturated heterocycles. The maximum atomic E-state index is 11.6. The van der Waals surface area contributed by atoms with E-state index in [4.69, 9.17) is 0 Å². The lowest BCUT2D eigenvalue weighted by Gasteiger charge is -2.37. The third-order valence-corrected chi connectivity index (χ3v) is 3.70. The van der Waals surface area contributed by atoms with Crippen molar-refractivity contribution in [3.05, 3.63) is 22.2 Å². The second-order valence-corrected chi connectivity index (χ2v) is 6.08. The Hall–Kier alpha value is -1.36. The number of anilines is 1. The molecule has 1 aliphatic rings. The molecular formula is C15H26N4O. The summed E-state index contributed by atoms with van der Waals surface area (Å²) in [6.07, 6.45) is 3.60. The number of hydrogen-bond donors (Lipinski definition) is 2. The molecule has 0 bridgehead atoms. The van der Waals surface area contributed by atoms with E-state index in [1.54, 1.807) is 6.07 Å². The summed E-state index contributed by atoms with van der Waals surface area (Å²) >= 11 is 0. The van der Waals surface area contributed by atoms with E-state index in [0.29, 0.717) is 17.8 Å². The van der Waals surface area contributed by atoms with Crippen LogP contribution in [0.1, 0.15) is 38.9 Å². The monoisotopic (exact) mass is 278 g/mol. The van der Waals surface area contributed by atoms with Crippen LogP contribution >= 0.6 is 0 Å². The fourth-order valence-corrected chi connectivity index (χ4v) is 2.76. The number of aryl methyl sites for hydroxylation is 1. The molecule has 112 valence electrons. The Kier molecular flexibility index (Phi) is 5.17. The predicted octanol–water partition coefficient (Wildman–Crippen LogP) is 1.68. The van der Waals surface area contributed by atoms with Gasteiger partial charge >= 0.3 is 0 Å². The molecule has 1 aromatic heterocycles. The van der Waals surface area contributed by atoms with Gasteiger partial charge < -0.3 is 15.2 Å². The first-order valence-electron chi connectivity index (χ1n) is 7.61. The molecule has 1 fully saturated rings. The van der Waals surface area contributed by atoms with Gasteiger partial charge in [-0.2, -0.15) is 0 Å². The molecule has 0 amide bonds. The minimum absolute atomic E-state index is 0.0630. The van der Waals surface area contributed by atoms with Gasteiger partial charge in [-0.25, -0.2) is 4.98 Å². The van der Waals surface area contributed by atoms with Crippen molar-refractivity contribution < 1.29 is 0 Å². The van der Waals surface area contributed by atoms with Crippen molar-refractivity contribution >= 4 is 5.82 Å². The second kappa shape index (κ2) is 6.88. The highest BCUT2D eigenvalue weighted by molar-refractivity contribution is 5.39. The van der Waals surface area contributed by atoms with Gasteiger partial charge in [0.25, 0.3) is 5.56 Å². The average Bonchev–Trinajstić information content (AvgIpc) is 2.37. The zero-order valence-electron chi connectivity index (χ0n) is 12.8. The number of aromatic amines is 1. The summed E-state index contributed by atoms with van der Waals surface area (Å²) < 4.78 is 0. The van der Waals surface area contributed by atoms with Crippen LogP contribution in [0.25, 0.3) is 0 Å². The second-order valence-electron chi connectivity index (χ2n) is 6.08. The van der Waals surface area contributed by atoms with Gasteiger partial charge in [0.2, 0.25) is 0 Å². The topological polar surface area (TPSA) is 61.0 Å². The van der Waals surface area contributed by atoms with Crippen molar-refractivity contribution in [2.75, 3.05) is 24.5 Å². The summed E-state index contributed by atoms with van der Waals surface area (Å²) in [6.45, 7) is 9.25. The van der Waals surface area contributed by atoms with E-state index in [9.17, 15) is 4.79 Å². The number of H-pyrrole nitrogens is 1. The van der Waals surface area contributed by atoms with E-state index < -0.39 is 0 Å². The largest absolute Gasteiger partial charge is 0.352 e. The van der Waals surface area contributed by atoms with Gasteiger partial charge in [0.1, 0.15) is 11.6 Å². The van der Waals surface area contributed by atoms with Crippen LogP contribution in [0.5, 0.6) is 0 Å². The molecule has 2 N–H and O–H groups in total. The van der Waals surface area contributed by atoms with E-state index in [0.717, 1.165) is 25.5 Å². The maximum absolute atomic E-state index is 11.6. The Morgan fingerprint density at radius 3 is 3.00 bits per heavy atom. The van der Waals surface area contributed by atoms with Crippen LogP contribution in [0.15, 0.2) is 10.9 Å². The van der Waals surface area contributed by atoms with E-state index in [1.165, 1.54) is 19.3 Å². The minimum Gasteiger partial charge on any atom is -0.352 e. The molecule has 20 heavy (non-hydrogen) atoms. The Balaban J connectivity index is 2.07. The van der Waals surface area contributed by atoms with Gasteiger partial charge in [-0.1, -0.05) is 13.8 Å². The van der Waals surface area contributed by atoms with E-state index in [1.807, 2.05) is 6.92 Å². The zero-order valence-corrected chi connectivity index (χ0v) is 12.8. The molecule has 0 saturated carbocycles. The Bertz CT molecular complexity index is 483. The first-order valence-corrected chi connectivity index (χ1v) is 7.61. The highest BCUT2D eigenvalue weighted by atomic mass is 16.1. The van der Waals surface area contributed by atoms with Crippen LogP contribution < -0.4 is 15.8 Å². The molecular weight excluding hydrogens is 252 g/mol. The van der Waals surface area contributed by atoms with Crippen LogP contribution in [0, 0.1) is 12.8 Å². The van der Waals surface area contributed by atoms with Gasteiger partial charge in [0, 0.05) is 25.2 Å². The molecule has 0 aromatic carbocycles. The smallest absolute Gasteiger partial charge is 0.252 e. The zero-order chi connectivity index (χ0) is 14.5. The summed E-state index contributed by atoms with van der Waals surface area (Å²) in [5, 5.41) is 3.53. The fraction of sp³-hybridized carbons (Fsp3) is 0.733. The van der Waals surface area contributed by atoms with E-state index in [-0.39, 0.29) is 5.56 Å². The Labute approximate surface area is 120 Å². The Morgan fingerprint density at radius 1 is 1.50 bits per heavy atom. The van der Waals surface area contributed by atoms with Gasteiger partial charge in [-0.15, -0.1) is 0 Å². The molecule has 0 aliphatic carbocycles.